The molecule has 0 aliphatic heterocycles. The number of hydrogen-bond acceptors (Lipinski definition) is 3. The summed E-state index contributed by atoms with van der Waals surface area (Å²) in [4.78, 5) is 12.6. The third-order valence-corrected chi connectivity index (χ3v) is 4.30. The van der Waals surface area contributed by atoms with Gasteiger partial charge < -0.3 is 19.4 Å². The van der Waals surface area contributed by atoms with E-state index in [-0.39, 0.29) is 11.9 Å². The van der Waals surface area contributed by atoms with Crippen LogP contribution >= 0.6 is 0 Å². The maximum absolute atomic E-state index is 12.6. The number of benzene rings is 2. The van der Waals surface area contributed by atoms with Gasteiger partial charge >= 0.3 is 0 Å². The Morgan fingerprint density at radius 1 is 1.00 bits per heavy atom. The van der Waals surface area contributed by atoms with Crippen molar-refractivity contribution < 1.29 is 14.3 Å². The molecule has 2 aromatic carbocycles. The summed E-state index contributed by atoms with van der Waals surface area (Å²) in [5.41, 5.74) is 2.58. The van der Waals surface area contributed by atoms with Crippen molar-refractivity contribution in [3.63, 3.8) is 0 Å². The van der Waals surface area contributed by atoms with Crippen LogP contribution in [0.3, 0.4) is 0 Å². The molecule has 26 heavy (non-hydrogen) atoms. The topological polar surface area (TPSA) is 52.5 Å². The van der Waals surface area contributed by atoms with Gasteiger partial charge in [0.2, 0.25) is 0 Å². The standard InChI is InChI=1S/C21H22N2O3/c1-15(16-6-8-17(9-7-16)23-12-4-5-13-23)22-21(24)19-11-10-18(25-2)14-20(19)26-3/h4-15H,1-3H3,(H,22,24). The molecule has 5 nitrogen and oxygen atoms in total. The van der Waals surface area contributed by atoms with Crippen LogP contribution in [0.4, 0.5) is 0 Å². The third-order valence-electron chi connectivity index (χ3n) is 4.30. The number of carbonyl (C=O) groups excluding carboxylic acids is 1. The number of rotatable bonds is 6. The van der Waals surface area contributed by atoms with Crippen molar-refractivity contribution in [3.8, 4) is 17.2 Å². The van der Waals surface area contributed by atoms with Crippen molar-refractivity contribution in [2.45, 2.75) is 13.0 Å². The van der Waals surface area contributed by atoms with Gasteiger partial charge in [0.15, 0.2) is 0 Å². The summed E-state index contributed by atoms with van der Waals surface area (Å²) in [6.45, 7) is 1.96. The summed E-state index contributed by atoms with van der Waals surface area (Å²) in [6, 6.07) is 17.1. The Labute approximate surface area is 153 Å². The zero-order chi connectivity index (χ0) is 18.5. The molecule has 1 heterocycles. The summed E-state index contributed by atoms with van der Waals surface area (Å²) in [7, 11) is 3.11. The van der Waals surface area contributed by atoms with Gasteiger partial charge in [-0.1, -0.05) is 12.1 Å². The average Bonchev–Trinajstić information content (AvgIpc) is 3.22. The van der Waals surface area contributed by atoms with Gasteiger partial charge in [0.1, 0.15) is 11.5 Å². The molecule has 3 rings (SSSR count). The fourth-order valence-corrected chi connectivity index (χ4v) is 2.79. The molecule has 0 saturated heterocycles. The molecule has 0 radical (unpaired) electrons. The molecule has 0 spiro atoms. The molecule has 3 aromatic rings. The van der Waals surface area contributed by atoms with Gasteiger partial charge in [-0.05, 0) is 48.9 Å². The number of methoxy groups -OCH3 is 2. The molecular weight excluding hydrogens is 328 g/mol. The largest absolute Gasteiger partial charge is 0.497 e. The second kappa shape index (κ2) is 7.78. The molecule has 1 atom stereocenters. The highest BCUT2D eigenvalue weighted by Gasteiger charge is 2.16. The zero-order valence-corrected chi connectivity index (χ0v) is 15.1. The van der Waals surface area contributed by atoms with E-state index in [0.29, 0.717) is 17.1 Å². The minimum Gasteiger partial charge on any atom is -0.497 e. The number of nitrogens with zero attached hydrogens (tertiary/aromatic N) is 1. The maximum Gasteiger partial charge on any atom is 0.255 e. The Hall–Kier alpha value is -3.21. The van der Waals surface area contributed by atoms with E-state index in [1.165, 1.54) is 7.11 Å². The van der Waals surface area contributed by atoms with Crippen LogP contribution in [0.5, 0.6) is 11.5 Å². The molecule has 1 aromatic heterocycles. The third kappa shape index (κ3) is 3.72. The van der Waals surface area contributed by atoms with E-state index in [9.17, 15) is 4.79 Å². The highest BCUT2D eigenvalue weighted by Crippen LogP contribution is 2.25. The number of hydrogen-bond donors (Lipinski definition) is 1. The van der Waals surface area contributed by atoms with Crippen LogP contribution in [0.25, 0.3) is 5.69 Å². The molecule has 1 unspecified atom stereocenters. The van der Waals surface area contributed by atoms with E-state index < -0.39 is 0 Å². The van der Waals surface area contributed by atoms with Crippen LogP contribution in [0.1, 0.15) is 28.9 Å². The minimum absolute atomic E-state index is 0.131. The SMILES string of the molecule is COc1ccc(C(=O)NC(C)c2ccc(-n3cccc3)cc2)c(OC)c1. The number of aromatic nitrogens is 1. The summed E-state index contributed by atoms with van der Waals surface area (Å²) < 4.78 is 12.5. The number of ether oxygens (including phenoxy) is 2. The average molecular weight is 350 g/mol. The Morgan fingerprint density at radius 2 is 1.69 bits per heavy atom. The van der Waals surface area contributed by atoms with Crippen molar-refractivity contribution in [3.05, 3.63) is 78.1 Å². The van der Waals surface area contributed by atoms with Crippen LogP contribution in [0, 0.1) is 0 Å². The molecule has 0 aliphatic carbocycles. The lowest BCUT2D eigenvalue weighted by molar-refractivity contribution is 0.0937. The quantitative estimate of drug-likeness (QED) is 0.731. The van der Waals surface area contributed by atoms with Crippen molar-refractivity contribution in [1.29, 1.82) is 0 Å². The number of carbonyl (C=O) groups is 1. The van der Waals surface area contributed by atoms with Crippen LogP contribution in [-0.2, 0) is 0 Å². The Bertz CT molecular complexity index is 871. The molecule has 0 bridgehead atoms. The molecule has 0 aliphatic rings. The molecule has 0 fully saturated rings. The van der Waals surface area contributed by atoms with Crippen molar-refractivity contribution >= 4 is 5.91 Å². The van der Waals surface area contributed by atoms with Gasteiger partial charge in [-0.3, -0.25) is 4.79 Å². The van der Waals surface area contributed by atoms with E-state index >= 15 is 0 Å². The van der Waals surface area contributed by atoms with E-state index in [1.54, 1.807) is 25.3 Å². The van der Waals surface area contributed by atoms with Crippen LogP contribution in [-0.4, -0.2) is 24.7 Å². The van der Waals surface area contributed by atoms with Gasteiger partial charge in [0, 0.05) is 24.1 Å². The predicted octanol–water partition coefficient (Wildman–Crippen LogP) is 3.99. The van der Waals surface area contributed by atoms with Gasteiger partial charge in [0.05, 0.1) is 25.8 Å². The predicted molar refractivity (Wildman–Crippen MR) is 101 cm³/mol. The maximum atomic E-state index is 12.6. The highest BCUT2D eigenvalue weighted by atomic mass is 16.5. The van der Waals surface area contributed by atoms with Crippen LogP contribution < -0.4 is 14.8 Å². The lowest BCUT2D eigenvalue weighted by Crippen LogP contribution is -2.27. The second-order valence-corrected chi connectivity index (χ2v) is 5.94. The normalized spacial score (nSPS) is 11.7. The van der Waals surface area contributed by atoms with E-state index in [1.807, 2.05) is 60.3 Å². The smallest absolute Gasteiger partial charge is 0.255 e. The second-order valence-electron chi connectivity index (χ2n) is 5.94. The lowest BCUT2D eigenvalue weighted by atomic mass is 10.1. The summed E-state index contributed by atoms with van der Waals surface area (Å²) >= 11 is 0. The van der Waals surface area contributed by atoms with Crippen molar-refractivity contribution in [2.75, 3.05) is 14.2 Å². The monoisotopic (exact) mass is 350 g/mol. The molecule has 0 saturated carbocycles. The van der Waals surface area contributed by atoms with Gasteiger partial charge in [0.25, 0.3) is 5.91 Å². The fraction of sp³-hybridized carbons (Fsp3) is 0.190. The minimum atomic E-state index is -0.188. The van der Waals surface area contributed by atoms with E-state index in [2.05, 4.69) is 5.32 Å². The number of amides is 1. The first kappa shape index (κ1) is 17.6. The fourth-order valence-electron chi connectivity index (χ4n) is 2.79. The first-order valence-corrected chi connectivity index (χ1v) is 8.38. The highest BCUT2D eigenvalue weighted by molar-refractivity contribution is 5.97. The van der Waals surface area contributed by atoms with E-state index in [0.717, 1.165) is 11.3 Å². The Balaban J connectivity index is 1.73. The van der Waals surface area contributed by atoms with Crippen LogP contribution in [0.2, 0.25) is 0 Å². The number of nitrogens with one attached hydrogen (secondary N) is 1. The summed E-state index contributed by atoms with van der Waals surface area (Å²) in [5, 5.41) is 3.01. The first-order valence-electron chi connectivity index (χ1n) is 8.38. The van der Waals surface area contributed by atoms with Gasteiger partial charge in [-0.2, -0.15) is 0 Å². The van der Waals surface area contributed by atoms with Gasteiger partial charge in [-0.25, -0.2) is 0 Å². The van der Waals surface area contributed by atoms with Crippen molar-refractivity contribution in [2.24, 2.45) is 0 Å². The van der Waals surface area contributed by atoms with Crippen LogP contribution in [0.15, 0.2) is 67.0 Å². The Kier molecular flexibility index (Phi) is 5.27. The van der Waals surface area contributed by atoms with Gasteiger partial charge in [-0.15, -0.1) is 0 Å². The zero-order valence-electron chi connectivity index (χ0n) is 15.1. The van der Waals surface area contributed by atoms with Crippen molar-refractivity contribution in [1.82, 2.24) is 9.88 Å². The summed E-state index contributed by atoms with van der Waals surface area (Å²) in [6.07, 6.45) is 3.99. The molecule has 5 heteroatoms. The van der Waals surface area contributed by atoms with E-state index in [4.69, 9.17) is 9.47 Å². The first-order chi connectivity index (χ1) is 12.6. The molecule has 134 valence electrons. The Morgan fingerprint density at radius 3 is 2.31 bits per heavy atom. The lowest BCUT2D eigenvalue weighted by Gasteiger charge is -2.17. The summed E-state index contributed by atoms with van der Waals surface area (Å²) in [5.74, 6) is 0.940. The molecular formula is C21H22N2O3. The molecule has 1 amide bonds. The molecule has 1 N–H and O–H groups in total.